The van der Waals surface area contributed by atoms with E-state index in [4.69, 9.17) is 10.5 Å². The number of nitriles is 2. The van der Waals surface area contributed by atoms with E-state index in [9.17, 15) is 0 Å². The minimum absolute atomic E-state index is 0.390. The van der Waals surface area contributed by atoms with E-state index in [1.807, 2.05) is 12.1 Å². The molecular formula is C9H6Br2N2. The van der Waals surface area contributed by atoms with Crippen molar-refractivity contribution < 1.29 is 0 Å². The van der Waals surface area contributed by atoms with Crippen LogP contribution in [-0.2, 0) is 0 Å². The zero-order chi connectivity index (χ0) is 10.4. The predicted octanol–water partition coefficient (Wildman–Crippen LogP) is 3.54. The molecule has 0 aliphatic heterocycles. The maximum Gasteiger partial charge on any atom is 0.100 e. The van der Waals surface area contributed by atoms with Crippen LogP contribution >= 0.6 is 31.9 Å². The molecule has 0 saturated carbocycles. The van der Waals surface area contributed by atoms with E-state index in [2.05, 4.69) is 38.4 Å². The van der Waals surface area contributed by atoms with Gasteiger partial charge >= 0.3 is 0 Å². The molecule has 0 rings (SSSR count). The standard InChI is InChI=1S/C9H6Br2N2/c1-6(4-12)9(11)3-8(5-13)7(2)10/h3H,2H2,1H3/b8-3-,9-6-. The van der Waals surface area contributed by atoms with E-state index in [1.54, 1.807) is 13.0 Å². The molecule has 0 spiro atoms. The first-order valence-electron chi connectivity index (χ1n) is 3.26. The summed E-state index contributed by atoms with van der Waals surface area (Å²) in [6, 6.07) is 3.92. The Balaban J connectivity index is 5.09. The van der Waals surface area contributed by atoms with E-state index in [1.165, 1.54) is 0 Å². The summed E-state index contributed by atoms with van der Waals surface area (Å²) >= 11 is 6.27. The minimum atomic E-state index is 0.390. The van der Waals surface area contributed by atoms with Gasteiger partial charge < -0.3 is 0 Å². The molecule has 13 heavy (non-hydrogen) atoms. The highest BCUT2D eigenvalue weighted by atomic mass is 79.9. The largest absolute Gasteiger partial charge is 0.193 e. The van der Waals surface area contributed by atoms with Crippen LogP contribution in [0.1, 0.15) is 6.92 Å². The summed E-state index contributed by atoms with van der Waals surface area (Å²) in [6.45, 7) is 5.22. The highest BCUT2D eigenvalue weighted by Gasteiger charge is 2.00. The number of hydrogen-bond donors (Lipinski definition) is 0. The molecule has 0 saturated heterocycles. The van der Waals surface area contributed by atoms with Gasteiger partial charge in [0.05, 0.1) is 11.6 Å². The van der Waals surface area contributed by atoms with Gasteiger partial charge in [-0.2, -0.15) is 10.5 Å². The third-order valence-electron chi connectivity index (χ3n) is 1.21. The van der Waals surface area contributed by atoms with Crippen LogP contribution in [0, 0.1) is 22.7 Å². The number of allylic oxidation sites excluding steroid dienone is 5. The highest BCUT2D eigenvalue weighted by molar-refractivity contribution is 9.12. The van der Waals surface area contributed by atoms with Crippen molar-refractivity contribution in [2.45, 2.75) is 6.92 Å². The minimum Gasteiger partial charge on any atom is -0.193 e. The monoisotopic (exact) mass is 300 g/mol. The predicted molar refractivity (Wildman–Crippen MR) is 59.0 cm³/mol. The van der Waals surface area contributed by atoms with Gasteiger partial charge in [-0.3, -0.25) is 0 Å². The fraction of sp³-hybridized carbons (Fsp3) is 0.111. The Bertz CT molecular complexity index is 364. The molecule has 0 aliphatic carbocycles. The first-order valence-corrected chi connectivity index (χ1v) is 4.84. The van der Waals surface area contributed by atoms with Crippen molar-refractivity contribution in [3.8, 4) is 12.1 Å². The van der Waals surface area contributed by atoms with Gasteiger partial charge in [-0.1, -0.05) is 22.5 Å². The third-order valence-corrected chi connectivity index (χ3v) is 2.46. The molecule has 0 bridgehead atoms. The van der Waals surface area contributed by atoms with Crippen molar-refractivity contribution >= 4 is 31.9 Å². The molecule has 0 aliphatic rings. The molecule has 2 nitrogen and oxygen atoms in total. The lowest BCUT2D eigenvalue weighted by atomic mass is 10.2. The van der Waals surface area contributed by atoms with Crippen LogP contribution in [-0.4, -0.2) is 0 Å². The Labute approximate surface area is 94.1 Å². The van der Waals surface area contributed by atoms with Gasteiger partial charge in [0, 0.05) is 14.5 Å². The van der Waals surface area contributed by atoms with E-state index < -0.39 is 0 Å². The molecule has 0 atom stereocenters. The van der Waals surface area contributed by atoms with Gasteiger partial charge in [0.1, 0.15) is 6.07 Å². The average Bonchev–Trinajstić information content (AvgIpc) is 2.11. The van der Waals surface area contributed by atoms with Gasteiger partial charge in [-0.05, 0) is 28.9 Å². The van der Waals surface area contributed by atoms with Crippen molar-refractivity contribution in [1.29, 1.82) is 10.5 Å². The van der Waals surface area contributed by atoms with Gasteiger partial charge in [-0.15, -0.1) is 0 Å². The first-order chi connectivity index (χ1) is 6.02. The molecule has 66 valence electrons. The Morgan fingerprint density at radius 2 is 1.85 bits per heavy atom. The van der Waals surface area contributed by atoms with Crippen LogP contribution in [0.5, 0.6) is 0 Å². The van der Waals surface area contributed by atoms with Gasteiger partial charge in [0.2, 0.25) is 0 Å². The Kier molecular flexibility index (Phi) is 5.37. The summed E-state index contributed by atoms with van der Waals surface area (Å²) in [5.74, 6) is 0. The van der Waals surface area contributed by atoms with E-state index in [-0.39, 0.29) is 0 Å². The van der Waals surface area contributed by atoms with Gasteiger partial charge in [0.25, 0.3) is 0 Å². The lowest BCUT2D eigenvalue weighted by Gasteiger charge is -1.94. The van der Waals surface area contributed by atoms with E-state index in [0.29, 0.717) is 20.1 Å². The molecule has 0 aromatic heterocycles. The summed E-state index contributed by atoms with van der Waals surface area (Å²) in [4.78, 5) is 0. The molecule has 0 aromatic carbocycles. The van der Waals surface area contributed by atoms with Crippen LogP contribution in [0.3, 0.4) is 0 Å². The van der Waals surface area contributed by atoms with E-state index >= 15 is 0 Å². The second-order valence-corrected chi connectivity index (χ2v) is 3.97. The van der Waals surface area contributed by atoms with Gasteiger partial charge in [-0.25, -0.2) is 0 Å². The third kappa shape index (κ3) is 4.07. The topological polar surface area (TPSA) is 47.6 Å². The summed E-state index contributed by atoms with van der Waals surface area (Å²) in [7, 11) is 0. The molecule has 0 fully saturated rings. The van der Waals surface area contributed by atoms with Crippen LogP contribution in [0.2, 0.25) is 0 Å². The van der Waals surface area contributed by atoms with Gasteiger partial charge in [0.15, 0.2) is 0 Å². The molecule has 0 amide bonds. The van der Waals surface area contributed by atoms with Crippen molar-refractivity contribution in [3.05, 3.63) is 32.8 Å². The summed E-state index contributed by atoms with van der Waals surface area (Å²) in [5.41, 5.74) is 0.906. The summed E-state index contributed by atoms with van der Waals surface area (Å²) < 4.78 is 1.09. The lowest BCUT2D eigenvalue weighted by molar-refractivity contribution is 1.43. The molecule has 0 radical (unpaired) electrons. The highest BCUT2D eigenvalue weighted by Crippen LogP contribution is 2.20. The first kappa shape index (κ1) is 12.2. The Morgan fingerprint density at radius 3 is 2.15 bits per heavy atom. The molecule has 4 heteroatoms. The maximum absolute atomic E-state index is 8.66. The number of halogens is 2. The Morgan fingerprint density at radius 1 is 1.31 bits per heavy atom. The summed E-state index contributed by atoms with van der Waals surface area (Å²) in [5, 5.41) is 17.2. The quantitative estimate of drug-likeness (QED) is 0.578. The fourth-order valence-electron chi connectivity index (χ4n) is 0.460. The number of hydrogen-bond acceptors (Lipinski definition) is 2. The summed E-state index contributed by atoms with van der Waals surface area (Å²) in [6.07, 6.45) is 1.55. The van der Waals surface area contributed by atoms with Crippen LogP contribution in [0.15, 0.2) is 32.8 Å². The molecule has 0 aromatic rings. The van der Waals surface area contributed by atoms with Crippen molar-refractivity contribution in [2.24, 2.45) is 0 Å². The molecule has 0 N–H and O–H groups in total. The van der Waals surface area contributed by atoms with Crippen LogP contribution < -0.4 is 0 Å². The van der Waals surface area contributed by atoms with E-state index in [0.717, 1.165) is 0 Å². The lowest BCUT2D eigenvalue weighted by Crippen LogP contribution is -1.79. The smallest absolute Gasteiger partial charge is 0.100 e. The van der Waals surface area contributed by atoms with Crippen LogP contribution in [0.25, 0.3) is 0 Å². The van der Waals surface area contributed by atoms with Crippen molar-refractivity contribution in [3.63, 3.8) is 0 Å². The van der Waals surface area contributed by atoms with Crippen molar-refractivity contribution in [2.75, 3.05) is 0 Å². The Hall–Kier alpha value is -0.840. The second kappa shape index (κ2) is 5.75. The SMILES string of the molecule is C=C(Br)/C(C#N)=C\C(Br)=C(/C)C#N. The van der Waals surface area contributed by atoms with Crippen LogP contribution in [0.4, 0.5) is 0 Å². The molecular weight excluding hydrogens is 296 g/mol. The maximum atomic E-state index is 8.66. The number of nitrogens with zero attached hydrogens (tertiary/aromatic N) is 2. The molecule has 0 unspecified atom stereocenters. The molecule has 0 heterocycles. The number of rotatable bonds is 2. The average molecular weight is 302 g/mol. The fourth-order valence-corrected chi connectivity index (χ4v) is 0.980. The van der Waals surface area contributed by atoms with Crippen molar-refractivity contribution in [1.82, 2.24) is 0 Å². The normalized spacial score (nSPS) is 12.5. The zero-order valence-electron chi connectivity index (χ0n) is 6.93. The zero-order valence-corrected chi connectivity index (χ0v) is 10.1. The second-order valence-electron chi connectivity index (χ2n) is 2.16.